The van der Waals surface area contributed by atoms with Gasteiger partial charge in [-0.05, 0) is 18.8 Å². The number of hydrogen-bond donors (Lipinski definition) is 5. The third-order valence-electron chi connectivity index (χ3n) is 9.00. The fourth-order valence-corrected chi connectivity index (χ4v) is 5.94. The maximum Gasteiger partial charge on any atom is 0.249 e. The van der Waals surface area contributed by atoms with E-state index >= 15 is 0 Å². The molecule has 0 aromatic rings. The van der Waals surface area contributed by atoms with Gasteiger partial charge in [-0.1, -0.05) is 181 Å². The number of rotatable bonds is 33. The lowest BCUT2D eigenvalue weighted by molar-refractivity contribution is -0.132. The fraction of sp³-hybridized carbons (Fsp3) is 0.973. The summed E-state index contributed by atoms with van der Waals surface area (Å²) in [6.45, 7) is 6.33. The van der Waals surface area contributed by atoms with E-state index in [1.54, 1.807) is 0 Å². The second kappa shape index (κ2) is 31.3. The SMILES string of the molecule is CCCCCCCCCCCCCCCCCCC(O)C(=O)N[C@@H](CO)[C@H](O)[C@H](O)CCCCCCCCCCC(C)C. The van der Waals surface area contributed by atoms with Gasteiger partial charge in [-0.2, -0.15) is 0 Å². The number of aliphatic hydroxyl groups is 4. The molecule has 258 valence electrons. The number of amides is 1. The lowest BCUT2D eigenvalue weighted by Crippen LogP contribution is -2.53. The van der Waals surface area contributed by atoms with Crippen LogP contribution in [-0.2, 0) is 4.79 Å². The van der Waals surface area contributed by atoms with E-state index in [1.807, 2.05) is 0 Å². The number of carbonyl (C=O) groups excluding carboxylic acids is 1. The summed E-state index contributed by atoms with van der Waals surface area (Å²) in [6.07, 6.45) is 28.4. The summed E-state index contributed by atoms with van der Waals surface area (Å²) in [5, 5.41) is 43.4. The predicted molar refractivity (Wildman–Crippen MR) is 182 cm³/mol. The van der Waals surface area contributed by atoms with Crippen LogP contribution in [0.2, 0.25) is 0 Å². The van der Waals surface area contributed by atoms with E-state index in [-0.39, 0.29) is 0 Å². The van der Waals surface area contributed by atoms with Gasteiger partial charge in [-0.15, -0.1) is 0 Å². The third kappa shape index (κ3) is 27.4. The van der Waals surface area contributed by atoms with Gasteiger partial charge in [0.05, 0.1) is 18.8 Å². The van der Waals surface area contributed by atoms with Gasteiger partial charge in [0.25, 0.3) is 0 Å². The van der Waals surface area contributed by atoms with Crippen molar-refractivity contribution in [2.45, 2.75) is 218 Å². The van der Waals surface area contributed by atoms with Crippen molar-refractivity contribution in [3.8, 4) is 0 Å². The first-order valence-electron chi connectivity index (χ1n) is 18.8. The molecule has 6 nitrogen and oxygen atoms in total. The second-order valence-electron chi connectivity index (χ2n) is 13.8. The van der Waals surface area contributed by atoms with Crippen molar-refractivity contribution >= 4 is 5.91 Å². The molecule has 0 radical (unpaired) electrons. The third-order valence-corrected chi connectivity index (χ3v) is 9.00. The molecule has 0 aliphatic carbocycles. The van der Waals surface area contributed by atoms with Crippen LogP contribution in [0.25, 0.3) is 0 Å². The van der Waals surface area contributed by atoms with Gasteiger partial charge in [-0.25, -0.2) is 0 Å². The van der Waals surface area contributed by atoms with E-state index in [1.165, 1.54) is 122 Å². The van der Waals surface area contributed by atoms with Crippen LogP contribution in [0.5, 0.6) is 0 Å². The van der Waals surface area contributed by atoms with Gasteiger partial charge in [0, 0.05) is 0 Å². The van der Waals surface area contributed by atoms with Gasteiger partial charge in [0.2, 0.25) is 5.91 Å². The molecule has 0 aromatic heterocycles. The maximum atomic E-state index is 12.4. The van der Waals surface area contributed by atoms with E-state index in [0.717, 1.165) is 44.4 Å². The minimum Gasteiger partial charge on any atom is -0.394 e. The van der Waals surface area contributed by atoms with Crippen molar-refractivity contribution in [3.63, 3.8) is 0 Å². The van der Waals surface area contributed by atoms with E-state index in [4.69, 9.17) is 0 Å². The Morgan fingerprint density at radius 2 is 0.884 bits per heavy atom. The summed E-state index contributed by atoms with van der Waals surface area (Å²) in [5.41, 5.74) is 0. The summed E-state index contributed by atoms with van der Waals surface area (Å²) in [4.78, 5) is 12.4. The van der Waals surface area contributed by atoms with Crippen LogP contribution in [0.3, 0.4) is 0 Å². The molecule has 0 spiro atoms. The molecule has 4 atom stereocenters. The highest BCUT2D eigenvalue weighted by Crippen LogP contribution is 2.16. The van der Waals surface area contributed by atoms with Crippen LogP contribution >= 0.6 is 0 Å². The van der Waals surface area contributed by atoms with Crippen LogP contribution in [0, 0.1) is 5.92 Å². The van der Waals surface area contributed by atoms with E-state index in [2.05, 4.69) is 26.1 Å². The maximum absolute atomic E-state index is 12.4. The monoisotopic (exact) mass is 614 g/mol. The van der Waals surface area contributed by atoms with Gasteiger partial charge in [0.15, 0.2) is 0 Å². The normalized spacial score (nSPS) is 14.6. The lowest BCUT2D eigenvalue weighted by atomic mass is 9.99. The zero-order valence-electron chi connectivity index (χ0n) is 28.9. The van der Waals surface area contributed by atoms with Crippen molar-refractivity contribution in [1.82, 2.24) is 5.32 Å². The van der Waals surface area contributed by atoms with Gasteiger partial charge >= 0.3 is 0 Å². The van der Waals surface area contributed by atoms with Crippen molar-refractivity contribution in [2.24, 2.45) is 5.92 Å². The Morgan fingerprint density at radius 3 is 1.26 bits per heavy atom. The van der Waals surface area contributed by atoms with Crippen LogP contribution in [-0.4, -0.2) is 57.3 Å². The Labute approximate surface area is 267 Å². The molecular weight excluding hydrogens is 538 g/mol. The number of unbranched alkanes of at least 4 members (excludes halogenated alkanes) is 22. The minimum atomic E-state index is -1.25. The van der Waals surface area contributed by atoms with Crippen LogP contribution < -0.4 is 5.32 Å². The molecule has 0 heterocycles. The Bertz CT molecular complexity index is 587. The van der Waals surface area contributed by atoms with Crippen molar-refractivity contribution in [3.05, 3.63) is 0 Å². The molecule has 0 fully saturated rings. The van der Waals surface area contributed by atoms with Crippen LogP contribution in [0.15, 0.2) is 0 Å². The Morgan fingerprint density at radius 1 is 0.535 bits per heavy atom. The standard InChI is InChI=1S/C37H75NO5/c1-4-5-6-7-8-9-10-11-12-13-14-15-16-21-24-27-30-35(41)37(43)38-33(31-39)36(42)34(40)29-26-23-20-18-17-19-22-25-28-32(2)3/h32-36,39-42H,4-31H2,1-3H3,(H,38,43)/t33-,34+,35?,36-/m0/s1. The molecule has 0 saturated carbocycles. The molecule has 0 bridgehead atoms. The molecule has 1 amide bonds. The van der Waals surface area contributed by atoms with Gasteiger partial charge in [-0.3, -0.25) is 4.79 Å². The molecule has 0 rings (SSSR count). The van der Waals surface area contributed by atoms with Gasteiger partial charge < -0.3 is 25.7 Å². The topological polar surface area (TPSA) is 110 Å². The van der Waals surface area contributed by atoms with E-state index in [9.17, 15) is 25.2 Å². The van der Waals surface area contributed by atoms with Crippen molar-refractivity contribution < 1.29 is 25.2 Å². The van der Waals surface area contributed by atoms with Crippen molar-refractivity contribution in [2.75, 3.05) is 6.61 Å². The fourth-order valence-electron chi connectivity index (χ4n) is 5.94. The Kier molecular flexibility index (Phi) is 30.8. The molecule has 6 heteroatoms. The first kappa shape index (κ1) is 42.3. The quantitative estimate of drug-likeness (QED) is 0.0475. The highest BCUT2D eigenvalue weighted by molar-refractivity contribution is 5.80. The molecule has 5 N–H and O–H groups in total. The zero-order valence-corrected chi connectivity index (χ0v) is 28.9. The molecular formula is C37H75NO5. The molecule has 1 unspecified atom stereocenters. The first-order chi connectivity index (χ1) is 20.8. The number of hydrogen-bond acceptors (Lipinski definition) is 5. The number of nitrogens with one attached hydrogen (secondary N) is 1. The summed E-state index contributed by atoms with van der Waals surface area (Å²) in [5.74, 6) is 0.207. The average Bonchev–Trinajstić information content (AvgIpc) is 2.99. The van der Waals surface area contributed by atoms with E-state index < -0.39 is 36.9 Å². The molecule has 43 heavy (non-hydrogen) atoms. The molecule has 0 aromatic carbocycles. The summed E-state index contributed by atoms with van der Waals surface area (Å²) >= 11 is 0. The van der Waals surface area contributed by atoms with Crippen molar-refractivity contribution in [1.29, 1.82) is 0 Å². The molecule has 0 saturated heterocycles. The number of aliphatic hydroxyl groups excluding tert-OH is 4. The molecule has 0 aliphatic rings. The summed E-state index contributed by atoms with van der Waals surface area (Å²) < 4.78 is 0. The molecule has 0 aliphatic heterocycles. The predicted octanol–water partition coefficient (Wildman–Crippen LogP) is 8.75. The lowest BCUT2D eigenvalue weighted by Gasteiger charge is -2.27. The highest BCUT2D eigenvalue weighted by atomic mass is 16.3. The Hall–Kier alpha value is -0.690. The largest absolute Gasteiger partial charge is 0.394 e. The zero-order chi connectivity index (χ0) is 32.0. The summed E-state index contributed by atoms with van der Waals surface area (Å²) in [6, 6.07) is -0.978. The second-order valence-corrected chi connectivity index (χ2v) is 13.8. The van der Waals surface area contributed by atoms with Gasteiger partial charge in [0.1, 0.15) is 12.2 Å². The van der Waals surface area contributed by atoms with Crippen LogP contribution in [0.4, 0.5) is 0 Å². The van der Waals surface area contributed by atoms with E-state index in [0.29, 0.717) is 12.8 Å². The average molecular weight is 614 g/mol. The summed E-state index contributed by atoms with van der Waals surface area (Å²) in [7, 11) is 0. The number of carbonyl (C=O) groups is 1. The minimum absolute atomic E-state index is 0.374. The highest BCUT2D eigenvalue weighted by Gasteiger charge is 2.28. The van der Waals surface area contributed by atoms with Crippen LogP contribution in [0.1, 0.15) is 194 Å². The first-order valence-corrected chi connectivity index (χ1v) is 18.8. The Balaban J connectivity index is 3.78. The smallest absolute Gasteiger partial charge is 0.249 e.